The van der Waals surface area contributed by atoms with Gasteiger partial charge in [-0.25, -0.2) is 4.68 Å². The summed E-state index contributed by atoms with van der Waals surface area (Å²) in [4.78, 5) is 2.48. The van der Waals surface area contributed by atoms with E-state index in [0.717, 1.165) is 18.7 Å². The molecule has 0 radical (unpaired) electrons. The van der Waals surface area contributed by atoms with Crippen molar-refractivity contribution in [2.24, 2.45) is 0 Å². The van der Waals surface area contributed by atoms with E-state index in [0.29, 0.717) is 22.5 Å². The van der Waals surface area contributed by atoms with E-state index in [1.807, 2.05) is 18.3 Å². The Labute approximate surface area is 140 Å². The fourth-order valence-corrected chi connectivity index (χ4v) is 2.92. The Morgan fingerprint density at radius 1 is 1.09 bits per heavy atom. The summed E-state index contributed by atoms with van der Waals surface area (Å²) < 4.78 is 7.44. The average Bonchev–Trinajstić information content (AvgIpc) is 3.18. The van der Waals surface area contributed by atoms with E-state index < -0.39 is 0 Å². The Balaban J connectivity index is 1.51. The van der Waals surface area contributed by atoms with E-state index >= 15 is 0 Å². The molecule has 0 atom stereocenters. The van der Waals surface area contributed by atoms with E-state index in [2.05, 4.69) is 10.00 Å². The van der Waals surface area contributed by atoms with Crippen molar-refractivity contribution < 1.29 is 4.74 Å². The van der Waals surface area contributed by atoms with Crippen LogP contribution in [0.15, 0.2) is 30.5 Å². The first-order valence-corrected chi connectivity index (χ1v) is 8.34. The van der Waals surface area contributed by atoms with Gasteiger partial charge in [-0.2, -0.15) is 0 Å². The Bertz CT molecular complexity index is 624. The van der Waals surface area contributed by atoms with E-state index in [1.165, 1.54) is 25.9 Å². The number of rotatable bonds is 6. The van der Waals surface area contributed by atoms with Gasteiger partial charge in [-0.1, -0.05) is 23.2 Å². The molecule has 1 aromatic carbocycles. The Morgan fingerprint density at radius 2 is 1.91 bits per heavy atom. The zero-order chi connectivity index (χ0) is 15.4. The molecule has 3 rings (SSSR count). The van der Waals surface area contributed by atoms with Crippen molar-refractivity contribution in [3.8, 4) is 11.6 Å². The van der Waals surface area contributed by atoms with Crippen molar-refractivity contribution in [1.29, 1.82) is 0 Å². The molecule has 1 saturated heterocycles. The second-order valence-corrected chi connectivity index (χ2v) is 6.26. The smallest absolute Gasteiger partial charge is 0.233 e. The van der Waals surface area contributed by atoms with Gasteiger partial charge in [-0.15, -0.1) is 5.10 Å². The summed E-state index contributed by atoms with van der Waals surface area (Å²) in [5, 5.41) is 5.45. The third-order valence-electron chi connectivity index (χ3n) is 3.80. The van der Waals surface area contributed by atoms with Gasteiger partial charge in [0.2, 0.25) is 5.88 Å². The van der Waals surface area contributed by atoms with Crippen LogP contribution in [0.1, 0.15) is 19.3 Å². The van der Waals surface area contributed by atoms with Crippen molar-refractivity contribution in [3.63, 3.8) is 0 Å². The summed E-state index contributed by atoms with van der Waals surface area (Å²) in [6, 6.07) is 7.28. The SMILES string of the molecule is Clc1ccc(-n2ccc(OCCCN3CCCC3)n2)cc1Cl. The summed E-state index contributed by atoms with van der Waals surface area (Å²) in [6.07, 6.45) is 5.54. The predicted octanol–water partition coefficient (Wildman–Crippen LogP) is 4.04. The maximum absolute atomic E-state index is 6.03. The highest BCUT2D eigenvalue weighted by Gasteiger charge is 2.10. The van der Waals surface area contributed by atoms with Gasteiger partial charge >= 0.3 is 0 Å². The number of halogens is 2. The summed E-state index contributed by atoms with van der Waals surface area (Å²) in [5.74, 6) is 0.632. The van der Waals surface area contributed by atoms with Crippen LogP contribution in [0.25, 0.3) is 5.69 Å². The van der Waals surface area contributed by atoms with Crippen LogP contribution in [-0.2, 0) is 0 Å². The molecule has 0 unspecified atom stereocenters. The third-order valence-corrected chi connectivity index (χ3v) is 4.54. The molecule has 2 heterocycles. The topological polar surface area (TPSA) is 30.3 Å². The number of aromatic nitrogens is 2. The number of benzene rings is 1. The number of ether oxygens (including phenoxy) is 1. The summed E-state index contributed by atoms with van der Waals surface area (Å²) in [5.41, 5.74) is 0.862. The van der Waals surface area contributed by atoms with E-state index in [1.54, 1.807) is 16.8 Å². The Morgan fingerprint density at radius 3 is 2.68 bits per heavy atom. The fraction of sp³-hybridized carbons (Fsp3) is 0.438. The van der Waals surface area contributed by atoms with Crippen LogP contribution < -0.4 is 4.74 Å². The van der Waals surface area contributed by atoms with Gasteiger partial charge in [0.25, 0.3) is 0 Å². The van der Waals surface area contributed by atoms with Gasteiger partial charge in [-0.05, 0) is 50.6 Å². The lowest BCUT2D eigenvalue weighted by Crippen LogP contribution is -2.21. The molecule has 2 aromatic rings. The summed E-state index contributed by atoms with van der Waals surface area (Å²) in [6.45, 7) is 4.25. The Kier molecular flexibility index (Phi) is 5.24. The number of nitrogens with zero attached hydrogens (tertiary/aromatic N) is 3. The lowest BCUT2D eigenvalue weighted by Gasteiger charge is -2.13. The van der Waals surface area contributed by atoms with E-state index in [4.69, 9.17) is 27.9 Å². The van der Waals surface area contributed by atoms with Crippen molar-refractivity contribution in [1.82, 2.24) is 14.7 Å². The number of likely N-dealkylation sites (tertiary alicyclic amines) is 1. The standard InChI is InChI=1S/C16H19Cl2N3O/c17-14-5-4-13(12-15(14)18)21-10-6-16(19-21)22-11-3-9-20-7-1-2-8-20/h4-6,10,12H,1-3,7-9,11H2. The van der Waals surface area contributed by atoms with Crippen LogP contribution in [0.3, 0.4) is 0 Å². The molecular formula is C16H19Cl2N3O. The molecule has 1 aromatic heterocycles. The second-order valence-electron chi connectivity index (χ2n) is 5.45. The van der Waals surface area contributed by atoms with Crippen LogP contribution in [0, 0.1) is 0 Å². The minimum Gasteiger partial charge on any atom is -0.477 e. The van der Waals surface area contributed by atoms with Crippen molar-refractivity contribution in [3.05, 3.63) is 40.5 Å². The van der Waals surface area contributed by atoms with Gasteiger partial charge in [0.1, 0.15) is 0 Å². The first-order valence-electron chi connectivity index (χ1n) is 7.58. The van der Waals surface area contributed by atoms with Crippen molar-refractivity contribution >= 4 is 23.2 Å². The molecule has 1 aliphatic rings. The maximum atomic E-state index is 6.03. The minimum absolute atomic E-state index is 0.516. The van der Waals surface area contributed by atoms with Gasteiger partial charge in [0.05, 0.1) is 22.3 Å². The third kappa shape index (κ3) is 3.94. The minimum atomic E-state index is 0.516. The molecule has 6 heteroatoms. The van der Waals surface area contributed by atoms with E-state index in [-0.39, 0.29) is 0 Å². The molecule has 0 aliphatic carbocycles. The highest BCUT2D eigenvalue weighted by Crippen LogP contribution is 2.24. The maximum Gasteiger partial charge on any atom is 0.233 e. The van der Waals surface area contributed by atoms with Gasteiger partial charge in [0, 0.05) is 18.8 Å². The van der Waals surface area contributed by atoms with Gasteiger partial charge in [-0.3, -0.25) is 0 Å². The van der Waals surface area contributed by atoms with E-state index in [9.17, 15) is 0 Å². The highest BCUT2D eigenvalue weighted by molar-refractivity contribution is 6.42. The normalized spacial score (nSPS) is 15.4. The second kappa shape index (κ2) is 7.36. The molecule has 0 amide bonds. The molecular weight excluding hydrogens is 321 g/mol. The summed E-state index contributed by atoms with van der Waals surface area (Å²) >= 11 is 11.9. The van der Waals surface area contributed by atoms with Crippen LogP contribution in [0.2, 0.25) is 10.0 Å². The van der Waals surface area contributed by atoms with Crippen molar-refractivity contribution in [2.45, 2.75) is 19.3 Å². The largest absolute Gasteiger partial charge is 0.477 e. The molecule has 1 aliphatic heterocycles. The summed E-state index contributed by atoms with van der Waals surface area (Å²) in [7, 11) is 0. The number of hydrogen-bond acceptors (Lipinski definition) is 3. The first kappa shape index (κ1) is 15.7. The fourth-order valence-electron chi connectivity index (χ4n) is 2.63. The molecule has 1 fully saturated rings. The molecule has 0 N–H and O–H groups in total. The molecule has 0 spiro atoms. The molecule has 0 saturated carbocycles. The van der Waals surface area contributed by atoms with Gasteiger partial charge in [0.15, 0.2) is 0 Å². The molecule has 22 heavy (non-hydrogen) atoms. The zero-order valence-corrected chi connectivity index (χ0v) is 13.9. The first-order chi connectivity index (χ1) is 10.7. The van der Waals surface area contributed by atoms with Crippen LogP contribution >= 0.6 is 23.2 Å². The number of hydrogen-bond donors (Lipinski definition) is 0. The zero-order valence-electron chi connectivity index (χ0n) is 12.3. The highest BCUT2D eigenvalue weighted by atomic mass is 35.5. The van der Waals surface area contributed by atoms with Crippen LogP contribution in [-0.4, -0.2) is 40.9 Å². The van der Waals surface area contributed by atoms with Crippen LogP contribution in [0.5, 0.6) is 5.88 Å². The molecule has 4 nitrogen and oxygen atoms in total. The Hall–Kier alpha value is -1.23. The van der Waals surface area contributed by atoms with Gasteiger partial charge < -0.3 is 9.64 Å². The monoisotopic (exact) mass is 339 g/mol. The van der Waals surface area contributed by atoms with Crippen molar-refractivity contribution in [2.75, 3.05) is 26.2 Å². The lowest BCUT2D eigenvalue weighted by atomic mass is 10.3. The predicted molar refractivity (Wildman–Crippen MR) is 89.4 cm³/mol. The lowest BCUT2D eigenvalue weighted by molar-refractivity contribution is 0.256. The molecule has 0 bridgehead atoms. The quantitative estimate of drug-likeness (QED) is 0.744. The average molecular weight is 340 g/mol. The molecule has 118 valence electrons. The van der Waals surface area contributed by atoms with Crippen LogP contribution in [0.4, 0.5) is 0 Å².